The van der Waals surface area contributed by atoms with Crippen LogP contribution in [0, 0.1) is 10.1 Å². The maximum atomic E-state index is 13.6. The maximum Gasteiger partial charge on any atom is 0.338 e. The number of non-ortho nitro benzene ring substituents is 1. The van der Waals surface area contributed by atoms with E-state index in [-0.39, 0.29) is 24.0 Å². The lowest BCUT2D eigenvalue weighted by Gasteiger charge is -2.25. The van der Waals surface area contributed by atoms with Gasteiger partial charge in [0, 0.05) is 12.1 Å². The van der Waals surface area contributed by atoms with Crippen molar-refractivity contribution in [2.45, 2.75) is 39.8 Å². The Kier molecular flexibility index (Phi) is 7.16. The Hall–Kier alpha value is -4.05. The first-order valence-corrected chi connectivity index (χ1v) is 12.2. The van der Waals surface area contributed by atoms with Gasteiger partial charge < -0.3 is 9.47 Å². The molecular weight excluding hydrogens is 482 g/mol. The second kappa shape index (κ2) is 10.3. The number of benzene rings is 2. The number of thiazole rings is 1. The van der Waals surface area contributed by atoms with Gasteiger partial charge in [0.2, 0.25) is 0 Å². The molecule has 1 atom stereocenters. The number of aromatic nitrogens is 1. The zero-order chi connectivity index (χ0) is 26.0. The minimum absolute atomic E-state index is 0.00479. The van der Waals surface area contributed by atoms with Gasteiger partial charge in [-0.05, 0) is 69.2 Å². The summed E-state index contributed by atoms with van der Waals surface area (Å²) in [6.07, 6.45) is 1.67. The van der Waals surface area contributed by atoms with Crippen molar-refractivity contribution >= 4 is 29.1 Å². The van der Waals surface area contributed by atoms with Crippen molar-refractivity contribution in [2.24, 2.45) is 4.99 Å². The highest BCUT2D eigenvalue weighted by molar-refractivity contribution is 7.07. The monoisotopic (exact) mass is 507 g/mol. The molecule has 0 saturated carbocycles. The first kappa shape index (κ1) is 25.1. The standard InChI is InChI=1S/C26H25N3O6S/c1-5-34-25(31)22-16(4)27-26-28(23(22)18-8-12-20(13-9-18)35-15(2)3)24(30)21(36-26)14-17-6-10-19(11-7-17)29(32)33/h6-15,23H,5H2,1-4H3/b21-14-/t23-/m1/s1. The average Bonchev–Trinajstić information content (AvgIpc) is 3.13. The third-order valence-electron chi connectivity index (χ3n) is 5.49. The zero-order valence-corrected chi connectivity index (χ0v) is 21.1. The molecule has 2 aromatic carbocycles. The van der Waals surface area contributed by atoms with Gasteiger partial charge in [-0.2, -0.15) is 0 Å². The fourth-order valence-corrected chi connectivity index (χ4v) is 5.00. The predicted octanol–water partition coefficient (Wildman–Crippen LogP) is 3.49. The van der Waals surface area contributed by atoms with Crippen molar-refractivity contribution in [3.63, 3.8) is 0 Å². The third kappa shape index (κ3) is 4.99. The van der Waals surface area contributed by atoms with Gasteiger partial charge in [-0.1, -0.05) is 23.5 Å². The highest BCUT2D eigenvalue weighted by atomic mass is 32.1. The van der Waals surface area contributed by atoms with Crippen molar-refractivity contribution in [1.29, 1.82) is 0 Å². The Bertz CT molecular complexity index is 1520. The summed E-state index contributed by atoms with van der Waals surface area (Å²) < 4.78 is 12.9. The summed E-state index contributed by atoms with van der Waals surface area (Å²) in [5, 5.41) is 10.9. The van der Waals surface area contributed by atoms with Crippen molar-refractivity contribution < 1.29 is 19.2 Å². The number of rotatable bonds is 7. The van der Waals surface area contributed by atoms with Crippen LogP contribution in [-0.2, 0) is 9.53 Å². The molecule has 2 heterocycles. The minimum atomic E-state index is -0.729. The molecule has 0 saturated heterocycles. The Morgan fingerprint density at radius 1 is 1.19 bits per heavy atom. The number of ether oxygens (including phenoxy) is 2. The summed E-state index contributed by atoms with van der Waals surface area (Å²) in [6, 6.07) is 12.5. The number of allylic oxidation sites excluding steroid dienone is 1. The van der Waals surface area contributed by atoms with Gasteiger partial charge in [0.05, 0.1) is 39.5 Å². The number of nitrogens with zero attached hydrogens (tertiary/aromatic N) is 3. The van der Waals surface area contributed by atoms with Gasteiger partial charge in [-0.15, -0.1) is 0 Å². The molecule has 1 aliphatic rings. The molecule has 186 valence electrons. The molecule has 0 amide bonds. The summed E-state index contributed by atoms with van der Waals surface area (Å²) in [7, 11) is 0. The van der Waals surface area contributed by atoms with E-state index in [4.69, 9.17) is 9.47 Å². The molecule has 9 nitrogen and oxygen atoms in total. The summed E-state index contributed by atoms with van der Waals surface area (Å²) in [4.78, 5) is 42.0. The Balaban J connectivity index is 1.86. The van der Waals surface area contributed by atoms with Crippen molar-refractivity contribution in [3.05, 3.63) is 101 Å². The van der Waals surface area contributed by atoms with Crippen LogP contribution in [0.25, 0.3) is 6.08 Å². The fourth-order valence-electron chi connectivity index (χ4n) is 3.95. The lowest BCUT2D eigenvalue weighted by molar-refractivity contribution is -0.384. The van der Waals surface area contributed by atoms with E-state index in [0.717, 1.165) is 0 Å². The van der Waals surface area contributed by atoms with Crippen LogP contribution in [0.4, 0.5) is 5.69 Å². The van der Waals surface area contributed by atoms with Crippen LogP contribution in [0.2, 0.25) is 0 Å². The lowest BCUT2D eigenvalue weighted by Crippen LogP contribution is -2.39. The van der Waals surface area contributed by atoms with E-state index in [1.54, 1.807) is 44.2 Å². The molecule has 0 fully saturated rings. The van der Waals surface area contributed by atoms with Crippen LogP contribution in [0.15, 0.2) is 69.6 Å². The SMILES string of the molecule is CCOC(=O)C1=C(C)N=c2s/c(=C\c3ccc([N+](=O)[O-])cc3)c(=O)n2[C@@H]1c1ccc(OC(C)C)cc1. The summed E-state index contributed by atoms with van der Waals surface area (Å²) in [6.45, 7) is 7.50. The van der Waals surface area contributed by atoms with Crippen LogP contribution in [-0.4, -0.2) is 28.2 Å². The van der Waals surface area contributed by atoms with Crippen molar-refractivity contribution in [1.82, 2.24) is 4.57 Å². The minimum Gasteiger partial charge on any atom is -0.491 e. The Morgan fingerprint density at radius 2 is 1.86 bits per heavy atom. The second-order valence-electron chi connectivity index (χ2n) is 8.39. The van der Waals surface area contributed by atoms with E-state index < -0.39 is 16.9 Å². The van der Waals surface area contributed by atoms with Gasteiger partial charge in [0.1, 0.15) is 5.75 Å². The number of hydrogen-bond acceptors (Lipinski definition) is 8. The van der Waals surface area contributed by atoms with E-state index in [9.17, 15) is 19.7 Å². The number of fused-ring (bicyclic) bond motifs is 1. The molecule has 0 radical (unpaired) electrons. The predicted molar refractivity (Wildman–Crippen MR) is 136 cm³/mol. The number of carbonyl (C=O) groups excluding carboxylic acids is 1. The van der Waals surface area contributed by atoms with Crippen LogP contribution < -0.4 is 19.6 Å². The Morgan fingerprint density at radius 3 is 2.44 bits per heavy atom. The number of esters is 1. The van der Waals surface area contributed by atoms with Crippen LogP contribution in [0.5, 0.6) is 5.75 Å². The molecule has 0 unspecified atom stereocenters. The Labute approximate surface area is 210 Å². The average molecular weight is 508 g/mol. The van der Waals surface area contributed by atoms with E-state index in [1.807, 2.05) is 26.0 Å². The lowest BCUT2D eigenvalue weighted by atomic mass is 9.96. The zero-order valence-electron chi connectivity index (χ0n) is 20.3. The van der Waals surface area contributed by atoms with Crippen molar-refractivity contribution in [3.8, 4) is 5.75 Å². The van der Waals surface area contributed by atoms with Crippen LogP contribution in [0.3, 0.4) is 0 Å². The van der Waals surface area contributed by atoms with Gasteiger partial charge in [0.25, 0.3) is 11.2 Å². The van der Waals surface area contributed by atoms with E-state index in [0.29, 0.717) is 37.5 Å². The molecule has 0 spiro atoms. The van der Waals surface area contributed by atoms with Crippen molar-refractivity contribution in [2.75, 3.05) is 6.61 Å². The quantitative estimate of drug-likeness (QED) is 0.275. The number of hydrogen-bond donors (Lipinski definition) is 0. The molecule has 0 aliphatic carbocycles. The third-order valence-corrected chi connectivity index (χ3v) is 6.47. The topological polar surface area (TPSA) is 113 Å². The van der Waals surface area contributed by atoms with Gasteiger partial charge in [-0.3, -0.25) is 19.5 Å². The molecule has 3 aromatic rings. The maximum absolute atomic E-state index is 13.6. The molecule has 0 N–H and O–H groups in total. The highest BCUT2D eigenvalue weighted by Gasteiger charge is 2.33. The number of nitro benzene ring substituents is 1. The summed E-state index contributed by atoms with van der Waals surface area (Å²) in [5.41, 5.74) is 1.77. The normalized spacial score (nSPS) is 15.5. The summed E-state index contributed by atoms with van der Waals surface area (Å²) in [5.74, 6) is 0.147. The fraction of sp³-hybridized carbons (Fsp3) is 0.269. The summed E-state index contributed by atoms with van der Waals surface area (Å²) >= 11 is 1.19. The molecule has 1 aromatic heterocycles. The molecular formula is C26H25N3O6S. The van der Waals surface area contributed by atoms with E-state index >= 15 is 0 Å². The number of nitro groups is 1. The molecule has 36 heavy (non-hydrogen) atoms. The molecule has 0 bridgehead atoms. The smallest absolute Gasteiger partial charge is 0.338 e. The second-order valence-corrected chi connectivity index (χ2v) is 9.40. The van der Waals surface area contributed by atoms with E-state index in [1.165, 1.54) is 28.0 Å². The number of carbonyl (C=O) groups is 1. The molecule has 4 rings (SSSR count). The van der Waals surface area contributed by atoms with Crippen LogP contribution in [0.1, 0.15) is 44.9 Å². The van der Waals surface area contributed by atoms with E-state index in [2.05, 4.69) is 4.99 Å². The highest BCUT2D eigenvalue weighted by Crippen LogP contribution is 2.31. The van der Waals surface area contributed by atoms with Gasteiger partial charge >= 0.3 is 5.97 Å². The molecule has 10 heteroatoms. The first-order valence-electron chi connectivity index (χ1n) is 11.4. The van der Waals surface area contributed by atoms with Crippen LogP contribution >= 0.6 is 11.3 Å². The molecule has 1 aliphatic heterocycles. The first-order chi connectivity index (χ1) is 17.2. The largest absolute Gasteiger partial charge is 0.491 e. The van der Waals surface area contributed by atoms with Gasteiger partial charge in [0.15, 0.2) is 4.80 Å². The van der Waals surface area contributed by atoms with Gasteiger partial charge in [-0.25, -0.2) is 9.79 Å².